The van der Waals surface area contributed by atoms with Crippen molar-refractivity contribution in [2.24, 2.45) is 0 Å². The van der Waals surface area contributed by atoms with E-state index in [1.165, 1.54) is 19.2 Å². The van der Waals surface area contributed by atoms with E-state index in [1.807, 2.05) is 30.3 Å². The van der Waals surface area contributed by atoms with Crippen LogP contribution in [0.4, 0.5) is 15.9 Å². The number of amides is 1. The maximum absolute atomic E-state index is 14.6. The molecule has 0 saturated carbocycles. The molecule has 0 unspecified atom stereocenters. The van der Waals surface area contributed by atoms with Gasteiger partial charge in [-0.05, 0) is 61.9 Å². The van der Waals surface area contributed by atoms with Gasteiger partial charge in [-0.3, -0.25) is 9.78 Å². The summed E-state index contributed by atoms with van der Waals surface area (Å²) in [6.07, 6.45) is 1.78. The zero-order valence-corrected chi connectivity index (χ0v) is 19.5. The lowest BCUT2D eigenvalue weighted by molar-refractivity contribution is 0.0959. The number of rotatable bonds is 7. The Hall–Kier alpha value is -4.04. The molecular weight excluding hydrogens is 431 g/mol. The van der Waals surface area contributed by atoms with Crippen molar-refractivity contribution in [2.45, 2.75) is 19.4 Å². The quantitative estimate of drug-likeness (QED) is 0.301. The first-order chi connectivity index (χ1) is 16.3. The van der Waals surface area contributed by atoms with Crippen LogP contribution in [0.1, 0.15) is 29.8 Å². The molecule has 8 heteroatoms. The minimum absolute atomic E-state index is 0.00926. The Labute approximate surface area is 197 Å². The molecule has 0 bridgehead atoms. The Bertz CT molecular complexity index is 1350. The molecule has 4 N–H and O–H groups in total. The van der Waals surface area contributed by atoms with E-state index in [0.717, 1.165) is 22.2 Å². The van der Waals surface area contributed by atoms with Gasteiger partial charge in [-0.25, -0.2) is 14.8 Å². The normalized spacial score (nSPS) is 11.3. The molecule has 1 amide bonds. The summed E-state index contributed by atoms with van der Waals surface area (Å²) in [7, 11) is 3.24. The van der Waals surface area contributed by atoms with E-state index in [1.54, 1.807) is 25.4 Å². The lowest BCUT2D eigenvalue weighted by Gasteiger charge is -2.29. The van der Waals surface area contributed by atoms with Crippen LogP contribution in [-0.4, -0.2) is 30.0 Å². The van der Waals surface area contributed by atoms with Gasteiger partial charge in [-0.15, -0.1) is 0 Å². The van der Waals surface area contributed by atoms with Crippen LogP contribution in [0.15, 0.2) is 66.9 Å². The number of nitrogens with zero attached hydrogens (tertiary/aromatic N) is 2. The first kappa shape index (κ1) is 23.1. The lowest BCUT2D eigenvalue weighted by atomic mass is 9.93. The van der Waals surface area contributed by atoms with Gasteiger partial charge < -0.3 is 16.1 Å². The van der Waals surface area contributed by atoms with Crippen LogP contribution in [0.5, 0.6) is 0 Å². The van der Waals surface area contributed by atoms with Gasteiger partial charge in [-0.1, -0.05) is 18.2 Å². The van der Waals surface area contributed by atoms with Gasteiger partial charge in [-0.2, -0.15) is 0 Å². The van der Waals surface area contributed by atoms with Crippen molar-refractivity contribution in [3.8, 4) is 11.3 Å². The summed E-state index contributed by atoms with van der Waals surface area (Å²) in [5.74, 6) is -0.477. The number of pyridine rings is 2. The van der Waals surface area contributed by atoms with Crippen molar-refractivity contribution < 1.29 is 9.18 Å². The second kappa shape index (κ2) is 9.44. The lowest BCUT2D eigenvalue weighted by Crippen LogP contribution is -2.29. The smallest absolute Gasteiger partial charge is 0.253 e. The van der Waals surface area contributed by atoms with Crippen LogP contribution in [0.2, 0.25) is 0 Å². The number of anilines is 2. The third-order valence-electron chi connectivity index (χ3n) is 5.65. The van der Waals surface area contributed by atoms with Crippen molar-refractivity contribution in [3.63, 3.8) is 0 Å². The monoisotopic (exact) mass is 458 g/mol. The van der Waals surface area contributed by atoms with Gasteiger partial charge in [0.1, 0.15) is 5.82 Å². The van der Waals surface area contributed by atoms with Crippen LogP contribution in [0.25, 0.3) is 22.2 Å². The predicted octanol–water partition coefficient (Wildman–Crippen LogP) is 4.69. The fourth-order valence-electron chi connectivity index (χ4n) is 3.78. The standard InChI is InChI=1S/C26H27FN6O/c1-26(2,18-8-10-21-16(14-18)6-5-13-30-21)32-24-23(33-29-4)12-11-22(31-24)17-7-9-19(20(27)15-17)25(34)28-3/h5-15,29,33H,1-4H3,(H,28,34)(H,31,32). The van der Waals surface area contributed by atoms with Crippen molar-refractivity contribution in [3.05, 3.63) is 83.8 Å². The Balaban J connectivity index is 1.71. The Morgan fingerprint density at radius 3 is 2.56 bits per heavy atom. The highest BCUT2D eigenvalue weighted by atomic mass is 19.1. The highest BCUT2D eigenvalue weighted by molar-refractivity contribution is 5.94. The topological polar surface area (TPSA) is 91.0 Å². The van der Waals surface area contributed by atoms with E-state index < -0.39 is 17.3 Å². The van der Waals surface area contributed by atoms with E-state index in [2.05, 4.69) is 46.4 Å². The summed E-state index contributed by atoms with van der Waals surface area (Å²) in [6, 6.07) is 18.2. The Morgan fingerprint density at radius 2 is 1.82 bits per heavy atom. The fourth-order valence-corrected chi connectivity index (χ4v) is 3.78. The van der Waals surface area contributed by atoms with Crippen LogP contribution >= 0.6 is 0 Å². The molecule has 4 aromatic rings. The zero-order valence-electron chi connectivity index (χ0n) is 19.5. The molecular formula is C26H27FN6O. The van der Waals surface area contributed by atoms with Crippen LogP contribution < -0.4 is 21.5 Å². The van der Waals surface area contributed by atoms with Crippen LogP contribution in [-0.2, 0) is 5.54 Å². The first-order valence-electron chi connectivity index (χ1n) is 10.9. The van der Waals surface area contributed by atoms with Gasteiger partial charge in [0.15, 0.2) is 5.82 Å². The summed E-state index contributed by atoms with van der Waals surface area (Å²) >= 11 is 0. The highest BCUT2D eigenvalue weighted by Gasteiger charge is 2.23. The summed E-state index contributed by atoms with van der Waals surface area (Å²) in [6.45, 7) is 4.14. The average Bonchev–Trinajstić information content (AvgIpc) is 2.84. The molecule has 34 heavy (non-hydrogen) atoms. The molecule has 7 nitrogen and oxygen atoms in total. The molecule has 0 radical (unpaired) electrons. The molecule has 4 rings (SSSR count). The molecule has 0 atom stereocenters. The van der Waals surface area contributed by atoms with Crippen molar-refractivity contribution in [2.75, 3.05) is 24.8 Å². The van der Waals surface area contributed by atoms with Gasteiger partial charge in [0.2, 0.25) is 0 Å². The highest BCUT2D eigenvalue weighted by Crippen LogP contribution is 2.32. The van der Waals surface area contributed by atoms with Gasteiger partial charge in [0.05, 0.1) is 28.0 Å². The number of halogens is 1. The maximum atomic E-state index is 14.6. The molecule has 0 saturated heterocycles. The molecule has 0 fully saturated rings. The number of nitrogens with one attached hydrogen (secondary N) is 4. The second-order valence-corrected chi connectivity index (χ2v) is 8.40. The molecule has 174 valence electrons. The summed E-state index contributed by atoms with van der Waals surface area (Å²) in [5, 5.41) is 7.02. The first-order valence-corrected chi connectivity index (χ1v) is 10.9. The molecule has 0 aliphatic heterocycles. The number of aromatic nitrogens is 2. The number of hydrazine groups is 1. The van der Waals surface area contributed by atoms with Crippen LogP contribution in [0.3, 0.4) is 0 Å². The van der Waals surface area contributed by atoms with Gasteiger partial charge in [0.25, 0.3) is 5.91 Å². The number of carbonyl (C=O) groups is 1. The predicted molar refractivity (Wildman–Crippen MR) is 134 cm³/mol. The average molecular weight is 459 g/mol. The minimum Gasteiger partial charge on any atom is -0.359 e. The molecule has 0 spiro atoms. The molecule has 2 aromatic carbocycles. The minimum atomic E-state index is -0.601. The van der Waals surface area contributed by atoms with E-state index >= 15 is 0 Å². The van der Waals surface area contributed by atoms with Crippen LogP contribution in [0, 0.1) is 5.82 Å². The second-order valence-electron chi connectivity index (χ2n) is 8.40. The summed E-state index contributed by atoms with van der Waals surface area (Å²) in [4.78, 5) is 21.0. The van der Waals surface area contributed by atoms with Crippen molar-refractivity contribution >= 4 is 28.3 Å². The number of carbonyl (C=O) groups excluding carboxylic acids is 1. The van der Waals surface area contributed by atoms with E-state index in [9.17, 15) is 9.18 Å². The van der Waals surface area contributed by atoms with Crippen molar-refractivity contribution in [1.82, 2.24) is 20.7 Å². The van der Waals surface area contributed by atoms with E-state index in [0.29, 0.717) is 17.1 Å². The largest absolute Gasteiger partial charge is 0.359 e. The molecule has 2 aromatic heterocycles. The third-order valence-corrected chi connectivity index (χ3v) is 5.65. The van der Waals surface area contributed by atoms with E-state index in [-0.39, 0.29) is 5.56 Å². The van der Waals surface area contributed by atoms with Gasteiger partial charge in [0, 0.05) is 31.2 Å². The molecule has 0 aliphatic rings. The maximum Gasteiger partial charge on any atom is 0.253 e. The third kappa shape index (κ3) is 4.67. The number of benzene rings is 2. The summed E-state index contributed by atoms with van der Waals surface area (Å²) in [5.41, 5.74) is 9.41. The summed E-state index contributed by atoms with van der Waals surface area (Å²) < 4.78 is 14.6. The fraction of sp³-hybridized carbons (Fsp3) is 0.192. The molecule has 0 aliphatic carbocycles. The zero-order chi connectivity index (χ0) is 24.3. The van der Waals surface area contributed by atoms with Gasteiger partial charge >= 0.3 is 0 Å². The molecule has 2 heterocycles. The Morgan fingerprint density at radius 1 is 1.00 bits per heavy atom. The Kier molecular flexibility index (Phi) is 6.43. The number of hydrogen-bond donors (Lipinski definition) is 4. The van der Waals surface area contributed by atoms with Crippen molar-refractivity contribution in [1.29, 1.82) is 0 Å². The van der Waals surface area contributed by atoms with E-state index in [4.69, 9.17) is 4.98 Å². The SMILES string of the molecule is CNNc1ccc(-c2ccc(C(=O)NC)c(F)c2)nc1NC(C)(C)c1ccc2ncccc2c1. The number of fused-ring (bicyclic) bond motifs is 1. The number of hydrogen-bond acceptors (Lipinski definition) is 6.